The van der Waals surface area contributed by atoms with Crippen molar-refractivity contribution < 1.29 is 14.5 Å². The van der Waals surface area contributed by atoms with Crippen LogP contribution < -0.4 is 10.1 Å². The highest BCUT2D eigenvalue weighted by Gasteiger charge is 2.15. The molecule has 0 unspecified atom stereocenters. The smallest absolute Gasteiger partial charge is 0.292 e. The van der Waals surface area contributed by atoms with E-state index in [0.717, 1.165) is 11.3 Å². The van der Waals surface area contributed by atoms with E-state index in [9.17, 15) is 14.9 Å². The number of methoxy groups -OCH3 is 1. The number of para-hydroxylation sites is 2. The van der Waals surface area contributed by atoms with Gasteiger partial charge in [-0.1, -0.05) is 36.0 Å². The number of nitrogens with zero attached hydrogens (tertiary/aromatic N) is 3. The summed E-state index contributed by atoms with van der Waals surface area (Å²) in [7, 11) is 1.60. The molecule has 0 radical (unpaired) electrons. The van der Waals surface area contributed by atoms with E-state index < -0.39 is 4.92 Å². The van der Waals surface area contributed by atoms with Crippen LogP contribution in [0.15, 0.2) is 65.7 Å². The van der Waals surface area contributed by atoms with E-state index in [4.69, 9.17) is 4.74 Å². The lowest BCUT2D eigenvalue weighted by Crippen LogP contribution is -2.15. The molecule has 142 valence electrons. The van der Waals surface area contributed by atoms with Crippen molar-refractivity contribution in [3.63, 3.8) is 0 Å². The molecule has 2 aromatic carbocycles. The van der Waals surface area contributed by atoms with Crippen LogP contribution in [0.5, 0.6) is 5.75 Å². The zero-order valence-electron chi connectivity index (χ0n) is 14.9. The van der Waals surface area contributed by atoms with E-state index in [1.807, 2.05) is 30.3 Å². The van der Waals surface area contributed by atoms with E-state index in [2.05, 4.69) is 15.5 Å². The first-order valence-electron chi connectivity index (χ1n) is 8.21. The Morgan fingerprint density at radius 3 is 2.68 bits per heavy atom. The lowest BCUT2D eigenvalue weighted by molar-refractivity contribution is -0.383. The van der Waals surface area contributed by atoms with Crippen LogP contribution in [-0.2, 0) is 4.79 Å². The molecule has 0 aliphatic carbocycles. The largest absolute Gasteiger partial charge is 0.497 e. The van der Waals surface area contributed by atoms with Gasteiger partial charge in [0.2, 0.25) is 5.91 Å². The van der Waals surface area contributed by atoms with Gasteiger partial charge in [0.1, 0.15) is 16.5 Å². The second kappa shape index (κ2) is 8.96. The number of benzene rings is 2. The molecule has 28 heavy (non-hydrogen) atoms. The number of rotatable bonds is 7. The van der Waals surface area contributed by atoms with Gasteiger partial charge in [0.05, 0.1) is 23.5 Å². The number of carbonyl (C=O) groups is 1. The van der Waals surface area contributed by atoms with Crippen molar-refractivity contribution in [1.82, 2.24) is 10.2 Å². The maximum Gasteiger partial charge on any atom is 0.292 e. The first-order valence-corrected chi connectivity index (χ1v) is 9.19. The third kappa shape index (κ3) is 4.83. The van der Waals surface area contributed by atoms with Gasteiger partial charge in [-0.05, 0) is 30.3 Å². The lowest BCUT2D eigenvalue weighted by Gasteiger charge is -2.06. The molecule has 8 nitrogen and oxygen atoms in total. The Morgan fingerprint density at radius 1 is 1.14 bits per heavy atom. The highest BCUT2D eigenvalue weighted by Crippen LogP contribution is 2.25. The fourth-order valence-corrected chi connectivity index (χ4v) is 3.01. The topological polar surface area (TPSA) is 107 Å². The number of nitro benzene ring substituents is 1. The summed E-state index contributed by atoms with van der Waals surface area (Å²) in [5.74, 6) is 0.418. The van der Waals surface area contributed by atoms with E-state index in [1.165, 1.54) is 23.9 Å². The van der Waals surface area contributed by atoms with Gasteiger partial charge in [-0.3, -0.25) is 14.9 Å². The molecular weight excluding hydrogens is 380 g/mol. The number of carbonyl (C=O) groups excluding carboxylic acids is 1. The summed E-state index contributed by atoms with van der Waals surface area (Å²) < 4.78 is 5.20. The number of thioether (sulfide) groups is 1. The summed E-state index contributed by atoms with van der Waals surface area (Å²) in [5, 5.41) is 22.4. The fraction of sp³-hybridized carbons (Fsp3) is 0.105. The number of nitrogens with one attached hydrogen (secondary N) is 1. The monoisotopic (exact) mass is 396 g/mol. The minimum Gasteiger partial charge on any atom is -0.497 e. The van der Waals surface area contributed by atoms with Crippen LogP contribution in [0.3, 0.4) is 0 Å². The van der Waals surface area contributed by atoms with Gasteiger partial charge in [-0.2, -0.15) is 0 Å². The average Bonchev–Trinajstić information content (AvgIpc) is 2.73. The average molecular weight is 396 g/mol. The van der Waals surface area contributed by atoms with Gasteiger partial charge in [0.15, 0.2) is 0 Å². The third-order valence-electron chi connectivity index (χ3n) is 3.73. The predicted molar refractivity (Wildman–Crippen MR) is 106 cm³/mol. The van der Waals surface area contributed by atoms with Gasteiger partial charge in [0.25, 0.3) is 5.69 Å². The van der Waals surface area contributed by atoms with Crippen molar-refractivity contribution in [2.24, 2.45) is 0 Å². The Balaban J connectivity index is 1.60. The fourth-order valence-electron chi connectivity index (χ4n) is 2.40. The molecule has 9 heteroatoms. The van der Waals surface area contributed by atoms with Gasteiger partial charge in [-0.25, -0.2) is 0 Å². The van der Waals surface area contributed by atoms with Crippen LogP contribution in [0.1, 0.15) is 0 Å². The summed E-state index contributed by atoms with van der Waals surface area (Å²) >= 11 is 1.19. The molecule has 0 atom stereocenters. The van der Waals surface area contributed by atoms with Gasteiger partial charge >= 0.3 is 0 Å². The van der Waals surface area contributed by atoms with E-state index in [-0.39, 0.29) is 23.0 Å². The zero-order chi connectivity index (χ0) is 19.9. The van der Waals surface area contributed by atoms with Crippen LogP contribution in [0.2, 0.25) is 0 Å². The molecule has 0 saturated carbocycles. The Labute approximate surface area is 165 Å². The molecule has 0 bridgehead atoms. The third-order valence-corrected chi connectivity index (χ3v) is 4.65. The highest BCUT2D eigenvalue weighted by molar-refractivity contribution is 7.99. The summed E-state index contributed by atoms with van der Waals surface area (Å²) in [4.78, 5) is 22.6. The summed E-state index contributed by atoms with van der Waals surface area (Å²) in [6.45, 7) is 0. The first kappa shape index (κ1) is 19.3. The number of ether oxygens (including phenoxy) is 1. The minimum atomic E-state index is -0.536. The van der Waals surface area contributed by atoms with Crippen molar-refractivity contribution >= 4 is 29.0 Å². The normalized spacial score (nSPS) is 10.3. The van der Waals surface area contributed by atoms with Crippen molar-refractivity contribution in [2.45, 2.75) is 5.03 Å². The van der Waals surface area contributed by atoms with Crippen molar-refractivity contribution in [2.75, 3.05) is 18.2 Å². The number of hydrogen-bond donors (Lipinski definition) is 1. The number of nitro groups is 1. The van der Waals surface area contributed by atoms with Crippen LogP contribution in [0.4, 0.5) is 11.4 Å². The standard InChI is InChI=1S/C19H16N4O4S/c1-27-14-6-4-5-13(11-14)15-9-10-19(22-21-15)28-12-18(24)20-16-7-2-3-8-17(16)23(25)26/h2-11H,12H2,1H3,(H,20,24). The van der Waals surface area contributed by atoms with Crippen LogP contribution in [-0.4, -0.2) is 33.9 Å². The lowest BCUT2D eigenvalue weighted by atomic mass is 10.1. The molecular formula is C19H16N4O4S. The molecule has 0 spiro atoms. The van der Waals surface area contributed by atoms with Crippen LogP contribution in [0.25, 0.3) is 11.3 Å². The van der Waals surface area contributed by atoms with Gasteiger partial charge in [-0.15, -0.1) is 10.2 Å². The molecule has 1 N–H and O–H groups in total. The second-order valence-corrected chi connectivity index (χ2v) is 6.60. The maximum atomic E-state index is 12.1. The van der Waals surface area contributed by atoms with E-state index in [0.29, 0.717) is 10.7 Å². The Kier molecular flexibility index (Phi) is 6.18. The first-order chi connectivity index (χ1) is 13.6. The number of aromatic nitrogens is 2. The predicted octanol–water partition coefficient (Wildman–Crippen LogP) is 3.79. The molecule has 0 aliphatic rings. The molecule has 0 aliphatic heterocycles. The summed E-state index contributed by atoms with van der Waals surface area (Å²) in [6.07, 6.45) is 0. The highest BCUT2D eigenvalue weighted by atomic mass is 32.2. The van der Waals surface area contributed by atoms with Crippen LogP contribution >= 0.6 is 11.8 Å². The molecule has 1 heterocycles. The Hall–Kier alpha value is -3.46. The maximum absolute atomic E-state index is 12.1. The Morgan fingerprint density at radius 2 is 1.96 bits per heavy atom. The SMILES string of the molecule is COc1cccc(-c2ccc(SCC(=O)Nc3ccccc3[N+](=O)[O-])nn2)c1. The van der Waals surface area contributed by atoms with E-state index in [1.54, 1.807) is 25.3 Å². The summed E-state index contributed by atoms with van der Waals surface area (Å²) in [5.41, 5.74) is 1.57. The van der Waals surface area contributed by atoms with Crippen molar-refractivity contribution in [1.29, 1.82) is 0 Å². The van der Waals surface area contributed by atoms with Gasteiger partial charge < -0.3 is 10.1 Å². The van der Waals surface area contributed by atoms with Crippen molar-refractivity contribution in [3.8, 4) is 17.0 Å². The van der Waals surface area contributed by atoms with E-state index >= 15 is 0 Å². The molecule has 3 rings (SSSR count). The quantitative estimate of drug-likeness (QED) is 0.368. The number of amides is 1. The second-order valence-electron chi connectivity index (χ2n) is 5.60. The minimum absolute atomic E-state index is 0.0548. The number of hydrogen-bond acceptors (Lipinski definition) is 7. The molecule has 1 aromatic heterocycles. The summed E-state index contributed by atoms with van der Waals surface area (Å²) in [6, 6.07) is 17.0. The van der Waals surface area contributed by atoms with Crippen LogP contribution in [0, 0.1) is 10.1 Å². The number of anilines is 1. The molecule has 3 aromatic rings. The molecule has 0 saturated heterocycles. The van der Waals surface area contributed by atoms with Crippen molar-refractivity contribution in [3.05, 3.63) is 70.8 Å². The Bertz CT molecular complexity index is 995. The zero-order valence-corrected chi connectivity index (χ0v) is 15.7. The molecule has 0 fully saturated rings. The van der Waals surface area contributed by atoms with Gasteiger partial charge in [0, 0.05) is 11.6 Å². The molecule has 1 amide bonds.